The van der Waals surface area contributed by atoms with Crippen LogP contribution in [0.25, 0.3) is 0 Å². The zero-order valence-corrected chi connectivity index (χ0v) is 13.5. The number of benzene rings is 1. The van der Waals surface area contributed by atoms with Gasteiger partial charge >= 0.3 is 6.09 Å². The van der Waals surface area contributed by atoms with Gasteiger partial charge in [-0.3, -0.25) is 0 Å². The minimum absolute atomic E-state index is 0.367. The lowest BCUT2D eigenvalue weighted by atomic mass is 10.1. The summed E-state index contributed by atoms with van der Waals surface area (Å²) in [5.74, 6) is 0. The molecule has 100 valence electrons. The number of alkyl halides is 1. The van der Waals surface area contributed by atoms with Crippen LogP contribution in [0.5, 0.6) is 0 Å². The highest BCUT2D eigenvalue weighted by Gasteiger charge is 2.13. The summed E-state index contributed by atoms with van der Waals surface area (Å²) in [5.41, 5.74) is 2.06. The van der Waals surface area contributed by atoms with Crippen molar-refractivity contribution in [1.29, 1.82) is 0 Å². The maximum Gasteiger partial charge on any atom is 0.424 e. The monoisotopic (exact) mass is 377 g/mol. The highest BCUT2D eigenvalue weighted by atomic mass is 79.9. The van der Waals surface area contributed by atoms with E-state index in [4.69, 9.17) is 4.74 Å². The Bertz CT molecular complexity index is 368. The van der Waals surface area contributed by atoms with Crippen LogP contribution in [-0.2, 0) is 11.2 Å². The maximum absolute atomic E-state index is 11.5. The van der Waals surface area contributed by atoms with Crippen molar-refractivity contribution in [2.45, 2.75) is 26.2 Å². The molecule has 0 aliphatic rings. The SMILES string of the molecule is CCOC(=O)N(Br)c1ccc(CCCCBr)cc1. The van der Waals surface area contributed by atoms with E-state index < -0.39 is 6.09 Å². The number of hydrogen-bond acceptors (Lipinski definition) is 2. The van der Waals surface area contributed by atoms with E-state index in [-0.39, 0.29) is 0 Å². The van der Waals surface area contributed by atoms with E-state index in [0.29, 0.717) is 6.61 Å². The van der Waals surface area contributed by atoms with Gasteiger partial charge in [0.1, 0.15) is 0 Å². The number of carbonyl (C=O) groups excluding carboxylic acids is 1. The van der Waals surface area contributed by atoms with Gasteiger partial charge in [0.25, 0.3) is 0 Å². The Labute approximate surface area is 125 Å². The molecule has 0 aliphatic carbocycles. The Morgan fingerprint density at radius 2 is 1.94 bits per heavy atom. The fourth-order valence-corrected chi connectivity index (χ4v) is 2.24. The smallest absolute Gasteiger partial charge is 0.424 e. The molecule has 0 bridgehead atoms. The van der Waals surface area contributed by atoms with Gasteiger partial charge in [-0.1, -0.05) is 28.1 Å². The van der Waals surface area contributed by atoms with Crippen LogP contribution < -0.4 is 3.93 Å². The molecular formula is C13H17Br2NO2. The molecule has 0 unspecified atom stereocenters. The summed E-state index contributed by atoms with van der Waals surface area (Å²) in [4.78, 5) is 11.5. The van der Waals surface area contributed by atoms with Crippen LogP contribution in [0, 0.1) is 0 Å². The number of amides is 1. The van der Waals surface area contributed by atoms with Gasteiger partial charge in [-0.05, 0) is 43.9 Å². The molecule has 0 atom stereocenters. The molecule has 0 aliphatic heterocycles. The standard InChI is InChI=1S/C13H17Br2NO2/c1-2-18-13(17)16(15)12-8-6-11(7-9-12)5-3-4-10-14/h6-9H,2-5,10H2,1H3. The van der Waals surface area contributed by atoms with Gasteiger partial charge in [0.15, 0.2) is 0 Å². The predicted octanol–water partition coefficient (Wildman–Crippen LogP) is 4.68. The van der Waals surface area contributed by atoms with Crippen LogP contribution >= 0.6 is 32.1 Å². The summed E-state index contributed by atoms with van der Waals surface area (Å²) in [6, 6.07) is 7.90. The average molecular weight is 379 g/mol. The first-order valence-electron chi connectivity index (χ1n) is 5.96. The molecule has 1 amide bonds. The Balaban J connectivity index is 2.56. The summed E-state index contributed by atoms with van der Waals surface area (Å²) in [5, 5.41) is 1.04. The van der Waals surface area contributed by atoms with Gasteiger partial charge < -0.3 is 4.74 Å². The summed E-state index contributed by atoms with van der Waals surface area (Å²) in [6.07, 6.45) is 3.01. The molecule has 0 heterocycles. The van der Waals surface area contributed by atoms with E-state index in [0.717, 1.165) is 17.4 Å². The van der Waals surface area contributed by atoms with Crippen molar-refractivity contribution in [3.05, 3.63) is 29.8 Å². The normalized spacial score (nSPS) is 10.2. The molecule has 1 aromatic carbocycles. The largest absolute Gasteiger partial charge is 0.449 e. The Morgan fingerprint density at radius 3 is 2.50 bits per heavy atom. The molecule has 0 spiro atoms. The fraction of sp³-hybridized carbons (Fsp3) is 0.462. The van der Waals surface area contributed by atoms with E-state index >= 15 is 0 Å². The lowest BCUT2D eigenvalue weighted by molar-refractivity contribution is 0.165. The first-order chi connectivity index (χ1) is 8.69. The highest BCUT2D eigenvalue weighted by molar-refractivity contribution is 9.10. The molecule has 0 radical (unpaired) electrons. The van der Waals surface area contributed by atoms with Crippen LogP contribution in [0.3, 0.4) is 0 Å². The number of nitrogens with zero attached hydrogens (tertiary/aromatic N) is 1. The number of anilines is 1. The Hall–Kier alpha value is -0.550. The number of hydrogen-bond donors (Lipinski definition) is 0. The van der Waals surface area contributed by atoms with Gasteiger partial charge in [-0.15, -0.1) is 0 Å². The molecular weight excluding hydrogens is 362 g/mol. The van der Waals surface area contributed by atoms with Crippen LogP contribution in [0.1, 0.15) is 25.3 Å². The lowest BCUT2D eigenvalue weighted by Crippen LogP contribution is -2.21. The predicted molar refractivity (Wildman–Crippen MR) is 81.6 cm³/mol. The summed E-state index contributed by atoms with van der Waals surface area (Å²) in [7, 11) is 0. The maximum atomic E-state index is 11.5. The van der Waals surface area contributed by atoms with E-state index in [1.54, 1.807) is 6.92 Å². The molecule has 3 nitrogen and oxygen atoms in total. The fourth-order valence-electron chi connectivity index (χ4n) is 1.50. The second-order valence-electron chi connectivity index (χ2n) is 3.79. The van der Waals surface area contributed by atoms with Gasteiger partial charge in [-0.25, -0.2) is 8.72 Å². The van der Waals surface area contributed by atoms with Crippen molar-refractivity contribution in [1.82, 2.24) is 0 Å². The van der Waals surface area contributed by atoms with Crippen LogP contribution in [-0.4, -0.2) is 18.0 Å². The quantitative estimate of drug-likeness (QED) is 0.408. The van der Waals surface area contributed by atoms with Crippen LogP contribution in [0.15, 0.2) is 24.3 Å². The summed E-state index contributed by atoms with van der Waals surface area (Å²) >= 11 is 6.61. The average Bonchev–Trinajstić information content (AvgIpc) is 2.39. The number of rotatable bonds is 6. The molecule has 18 heavy (non-hydrogen) atoms. The first kappa shape index (κ1) is 15.5. The van der Waals surface area contributed by atoms with Gasteiger partial charge in [0.2, 0.25) is 0 Å². The van der Waals surface area contributed by atoms with Gasteiger partial charge in [-0.2, -0.15) is 0 Å². The van der Waals surface area contributed by atoms with E-state index in [9.17, 15) is 4.79 Å². The molecule has 0 fully saturated rings. The number of unbranched alkanes of at least 4 members (excludes halogenated alkanes) is 1. The zero-order valence-electron chi connectivity index (χ0n) is 10.4. The summed E-state index contributed by atoms with van der Waals surface area (Å²) in [6.45, 7) is 2.15. The number of halogens is 2. The molecule has 1 rings (SSSR count). The molecule has 5 heteroatoms. The molecule has 0 aromatic heterocycles. The Kier molecular flexibility index (Phi) is 7.35. The topological polar surface area (TPSA) is 29.5 Å². The van der Waals surface area contributed by atoms with Crippen molar-refractivity contribution in [3.63, 3.8) is 0 Å². The van der Waals surface area contributed by atoms with E-state index in [2.05, 4.69) is 32.1 Å². The van der Waals surface area contributed by atoms with Gasteiger partial charge in [0, 0.05) is 5.33 Å². The third kappa shape index (κ3) is 4.98. The molecule has 1 aromatic rings. The highest BCUT2D eigenvalue weighted by Crippen LogP contribution is 2.20. The molecule has 0 N–H and O–H groups in total. The summed E-state index contributed by atoms with van der Waals surface area (Å²) < 4.78 is 6.23. The minimum Gasteiger partial charge on any atom is -0.449 e. The number of ether oxygens (including phenoxy) is 1. The van der Waals surface area contributed by atoms with Crippen molar-refractivity contribution < 1.29 is 9.53 Å². The third-order valence-corrected chi connectivity index (χ3v) is 3.70. The van der Waals surface area contributed by atoms with Crippen molar-refractivity contribution in [3.8, 4) is 0 Å². The zero-order chi connectivity index (χ0) is 13.4. The number of carbonyl (C=O) groups is 1. The first-order valence-corrected chi connectivity index (χ1v) is 7.79. The second-order valence-corrected chi connectivity index (χ2v) is 5.29. The number of aryl methyl sites for hydroxylation is 1. The van der Waals surface area contributed by atoms with Gasteiger partial charge in [0.05, 0.1) is 28.4 Å². The van der Waals surface area contributed by atoms with Crippen molar-refractivity contribution in [2.24, 2.45) is 0 Å². The van der Waals surface area contributed by atoms with Crippen molar-refractivity contribution >= 4 is 43.9 Å². The third-order valence-electron chi connectivity index (χ3n) is 2.44. The van der Waals surface area contributed by atoms with Crippen LogP contribution in [0.2, 0.25) is 0 Å². The van der Waals surface area contributed by atoms with E-state index in [1.165, 1.54) is 22.3 Å². The lowest BCUT2D eigenvalue weighted by Gasteiger charge is -2.14. The van der Waals surface area contributed by atoms with Crippen molar-refractivity contribution in [2.75, 3.05) is 15.9 Å². The second kappa shape index (κ2) is 8.53. The van der Waals surface area contributed by atoms with Crippen LogP contribution in [0.4, 0.5) is 10.5 Å². The molecule has 0 saturated carbocycles. The minimum atomic E-state index is -0.399. The molecule has 0 saturated heterocycles. The Morgan fingerprint density at radius 1 is 1.28 bits per heavy atom. The van der Waals surface area contributed by atoms with E-state index in [1.807, 2.05) is 24.3 Å².